The fraction of sp³-hybridized carbons (Fsp3) is 0.438. The van der Waals surface area contributed by atoms with E-state index >= 15 is 0 Å². The molecule has 0 aromatic carbocycles. The van der Waals surface area contributed by atoms with E-state index in [4.69, 9.17) is 0 Å². The molecule has 0 radical (unpaired) electrons. The van der Waals surface area contributed by atoms with Gasteiger partial charge in [-0.05, 0) is 36.4 Å². The van der Waals surface area contributed by atoms with Crippen LogP contribution >= 0.6 is 23.1 Å². The van der Waals surface area contributed by atoms with E-state index in [1.807, 2.05) is 34.6 Å². The van der Waals surface area contributed by atoms with Crippen LogP contribution in [0.3, 0.4) is 0 Å². The van der Waals surface area contributed by atoms with E-state index in [2.05, 4.69) is 15.2 Å². The van der Waals surface area contributed by atoms with Gasteiger partial charge in [-0.3, -0.25) is 9.89 Å². The Morgan fingerprint density at radius 3 is 2.87 bits per heavy atom. The minimum atomic E-state index is 0.192. The van der Waals surface area contributed by atoms with E-state index in [0.29, 0.717) is 16.7 Å². The molecule has 3 rings (SSSR count). The van der Waals surface area contributed by atoms with Gasteiger partial charge in [0.2, 0.25) is 11.1 Å². The lowest BCUT2D eigenvalue weighted by Crippen LogP contribution is -2.33. The van der Waals surface area contributed by atoms with Crippen LogP contribution in [-0.2, 0) is 4.79 Å². The summed E-state index contributed by atoms with van der Waals surface area (Å²) in [6.07, 6.45) is 8.61. The molecule has 1 saturated heterocycles. The van der Waals surface area contributed by atoms with Crippen molar-refractivity contribution in [1.29, 1.82) is 0 Å². The van der Waals surface area contributed by atoms with Gasteiger partial charge in [0.15, 0.2) is 0 Å². The molecule has 122 valence electrons. The first-order chi connectivity index (χ1) is 11.3. The molecule has 0 bridgehead atoms. The zero-order valence-corrected chi connectivity index (χ0v) is 14.5. The number of nitrogens with one attached hydrogen (secondary N) is 1. The highest BCUT2D eigenvalue weighted by Crippen LogP contribution is 2.17. The number of likely N-dealkylation sites (tertiary alicyclic amines) is 1. The van der Waals surface area contributed by atoms with E-state index in [1.54, 1.807) is 11.3 Å². The highest BCUT2D eigenvalue weighted by Gasteiger charge is 2.16. The number of H-pyrrole nitrogens is 1. The van der Waals surface area contributed by atoms with E-state index in [1.165, 1.54) is 29.5 Å². The van der Waals surface area contributed by atoms with Crippen molar-refractivity contribution in [2.45, 2.75) is 30.8 Å². The first kappa shape index (κ1) is 16.3. The zero-order valence-electron chi connectivity index (χ0n) is 12.9. The maximum atomic E-state index is 12.2. The van der Waals surface area contributed by atoms with Crippen LogP contribution in [0.2, 0.25) is 0 Å². The lowest BCUT2D eigenvalue weighted by molar-refractivity contribution is -0.128. The van der Waals surface area contributed by atoms with Gasteiger partial charge in [0.1, 0.15) is 5.82 Å². The first-order valence-corrected chi connectivity index (χ1v) is 9.72. The Labute approximate surface area is 144 Å². The molecule has 1 aliphatic heterocycles. The summed E-state index contributed by atoms with van der Waals surface area (Å²) >= 11 is 3.07. The van der Waals surface area contributed by atoms with Crippen LogP contribution in [0.15, 0.2) is 22.7 Å². The number of rotatable bonds is 5. The number of thiophene rings is 1. The fourth-order valence-corrected chi connectivity index (χ4v) is 3.81. The number of aromatic nitrogens is 3. The Morgan fingerprint density at radius 2 is 2.13 bits per heavy atom. The van der Waals surface area contributed by atoms with Crippen LogP contribution in [0, 0.1) is 0 Å². The van der Waals surface area contributed by atoms with Gasteiger partial charge in [-0.2, -0.15) is 0 Å². The summed E-state index contributed by atoms with van der Waals surface area (Å²) in [5, 5.41) is 9.71. The van der Waals surface area contributed by atoms with E-state index < -0.39 is 0 Å². The molecule has 1 aliphatic rings. The molecule has 2 aromatic rings. The van der Waals surface area contributed by atoms with E-state index in [0.717, 1.165) is 25.9 Å². The van der Waals surface area contributed by atoms with Crippen molar-refractivity contribution < 1.29 is 4.79 Å². The Balaban J connectivity index is 1.49. The Hall–Kier alpha value is -1.60. The lowest BCUT2D eigenvalue weighted by atomic mass is 10.2. The smallest absolute Gasteiger partial charge is 0.233 e. The summed E-state index contributed by atoms with van der Waals surface area (Å²) in [5.74, 6) is 1.31. The topological polar surface area (TPSA) is 61.9 Å². The van der Waals surface area contributed by atoms with Gasteiger partial charge < -0.3 is 4.90 Å². The lowest BCUT2D eigenvalue weighted by Gasteiger charge is -2.19. The van der Waals surface area contributed by atoms with Crippen molar-refractivity contribution in [3.63, 3.8) is 0 Å². The van der Waals surface area contributed by atoms with Gasteiger partial charge in [-0.15, -0.1) is 16.4 Å². The summed E-state index contributed by atoms with van der Waals surface area (Å²) in [5.41, 5.74) is 0. The molecule has 1 amide bonds. The number of hydrogen-bond donors (Lipinski definition) is 1. The van der Waals surface area contributed by atoms with E-state index in [9.17, 15) is 4.79 Å². The third kappa shape index (κ3) is 4.94. The van der Waals surface area contributed by atoms with Crippen LogP contribution in [0.25, 0.3) is 12.2 Å². The number of carbonyl (C=O) groups excluding carboxylic acids is 1. The monoisotopic (exact) mass is 348 g/mol. The number of aromatic amines is 1. The Kier molecular flexibility index (Phi) is 5.87. The molecule has 1 N–H and O–H groups in total. The van der Waals surface area contributed by atoms with Crippen LogP contribution in [0.4, 0.5) is 0 Å². The normalized spacial score (nSPS) is 15.9. The molecule has 1 fully saturated rings. The van der Waals surface area contributed by atoms with Crippen molar-refractivity contribution in [2.75, 3.05) is 18.8 Å². The number of thioether (sulfide) groups is 1. The van der Waals surface area contributed by atoms with Crippen LogP contribution in [0.1, 0.15) is 36.4 Å². The predicted molar refractivity (Wildman–Crippen MR) is 95.4 cm³/mol. The van der Waals surface area contributed by atoms with Gasteiger partial charge in [0.05, 0.1) is 5.75 Å². The molecule has 3 heterocycles. The van der Waals surface area contributed by atoms with Crippen LogP contribution < -0.4 is 0 Å². The van der Waals surface area contributed by atoms with Crippen molar-refractivity contribution in [2.24, 2.45) is 0 Å². The molecular formula is C16H20N4OS2. The Bertz CT molecular complexity index is 643. The molecular weight excluding hydrogens is 328 g/mol. The molecule has 0 spiro atoms. The molecule has 0 unspecified atom stereocenters. The van der Waals surface area contributed by atoms with Gasteiger partial charge in [0.25, 0.3) is 0 Å². The summed E-state index contributed by atoms with van der Waals surface area (Å²) in [6, 6.07) is 4.06. The number of hydrogen-bond acceptors (Lipinski definition) is 5. The van der Waals surface area contributed by atoms with Crippen LogP contribution in [0.5, 0.6) is 0 Å². The summed E-state index contributed by atoms with van der Waals surface area (Å²) in [7, 11) is 0. The minimum Gasteiger partial charge on any atom is -0.342 e. The molecule has 23 heavy (non-hydrogen) atoms. The molecule has 2 aromatic heterocycles. The largest absolute Gasteiger partial charge is 0.342 e. The van der Waals surface area contributed by atoms with Gasteiger partial charge >= 0.3 is 0 Å². The van der Waals surface area contributed by atoms with Gasteiger partial charge in [-0.25, -0.2) is 4.98 Å². The molecule has 0 saturated carbocycles. The first-order valence-electron chi connectivity index (χ1n) is 7.86. The molecule has 0 aliphatic carbocycles. The van der Waals surface area contributed by atoms with Crippen LogP contribution in [-0.4, -0.2) is 44.8 Å². The van der Waals surface area contributed by atoms with Crippen molar-refractivity contribution >= 4 is 41.2 Å². The zero-order chi connectivity index (χ0) is 15.9. The SMILES string of the molecule is O=C(CSc1n[nH]c(/C=C/c2cccs2)n1)N1CCCCCC1. The van der Waals surface area contributed by atoms with Crippen molar-refractivity contribution in [3.8, 4) is 0 Å². The third-order valence-corrected chi connectivity index (χ3v) is 5.38. The third-order valence-electron chi connectivity index (χ3n) is 3.71. The summed E-state index contributed by atoms with van der Waals surface area (Å²) in [4.78, 5) is 19.8. The number of nitrogens with zero attached hydrogens (tertiary/aromatic N) is 3. The van der Waals surface area contributed by atoms with Gasteiger partial charge in [0, 0.05) is 18.0 Å². The molecule has 0 atom stereocenters. The summed E-state index contributed by atoms with van der Waals surface area (Å²) < 4.78 is 0. The highest BCUT2D eigenvalue weighted by atomic mass is 32.2. The number of carbonyl (C=O) groups is 1. The average molecular weight is 348 g/mol. The quantitative estimate of drug-likeness (QED) is 0.840. The maximum absolute atomic E-state index is 12.2. The van der Waals surface area contributed by atoms with Crippen molar-refractivity contribution in [1.82, 2.24) is 20.1 Å². The summed E-state index contributed by atoms with van der Waals surface area (Å²) in [6.45, 7) is 1.78. The predicted octanol–water partition coefficient (Wildman–Crippen LogP) is 3.53. The Morgan fingerprint density at radius 1 is 1.30 bits per heavy atom. The molecule has 7 heteroatoms. The average Bonchev–Trinajstić information content (AvgIpc) is 3.16. The minimum absolute atomic E-state index is 0.192. The fourth-order valence-electron chi connectivity index (χ4n) is 2.48. The standard InChI is InChI=1S/C16H20N4OS2/c21-15(20-9-3-1-2-4-10-20)12-23-16-17-14(18-19-16)8-7-13-6-5-11-22-13/h5-8,11H,1-4,9-10,12H2,(H,17,18,19)/b8-7+. The second-order valence-corrected chi connectivity index (χ2v) is 7.36. The van der Waals surface area contributed by atoms with Gasteiger partial charge in [-0.1, -0.05) is 30.7 Å². The second kappa shape index (κ2) is 8.31. The second-order valence-electron chi connectivity index (χ2n) is 5.44. The number of amides is 1. The van der Waals surface area contributed by atoms with E-state index in [-0.39, 0.29) is 5.91 Å². The van der Waals surface area contributed by atoms with Crippen molar-refractivity contribution in [3.05, 3.63) is 28.2 Å². The highest BCUT2D eigenvalue weighted by molar-refractivity contribution is 7.99. The maximum Gasteiger partial charge on any atom is 0.233 e. The molecule has 5 nitrogen and oxygen atoms in total.